The zero-order chi connectivity index (χ0) is 10.2. The topological polar surface area (TPSA) is 44.5 Å². The molecule has 12 heavy (non-hydrogen) atoms. The smallest absolute Gasteiger partial charge is 0.231 e. The number of hydrogen-bond donors (Lipinski definition) is 1. The van der Waals surface area contributed by atoms with Crippen LogP contribution in [-0.2, 0) is 6.42 Å². The van der Waals surface area contributed by atoms with Gasteiger partial charge in [0.25, 0.3) is 0 Å². The molecule has 1 heterocycles. The summed E-state index contributed by atoms with van der Waals surface area (Å²) in [7, 11) is 0. The molecule has 0 saturated carbocycles. The Bertz CT molecular complexity index is 355. The fourth-order valence-corrected chi connectivity index (χ4v) is 1.15. The molecular formula is C9H11NO2. The summed E-state index contributed by atoms with van der Waals surface area (Å²) >= 11 is 0. The van der Waals surface area contributed by atoms with Gasteiger partial charge in [0.15, 0.2) is 11.5 Å². The number of rotatable bonds is 2. The lowest BCUT2D eigenvalue weighted by Crippen LogP contribution is -2.02. The standard InChI is InChI=1S/C9H11NO2/c10-4-3-7-1-2-8-9(5-7)12-6-11-8/h1-2,5H,3-4,6,10H2/i6D2. The van der Waals surface area contributed by atoms with Gasteiger partial charge in [-0.2, -0.15) is 0 Å². The zero-order valence-corrected chi connectivity index (χ0v) is 6.54. The normalized spacial score (nSPS) is 20.1. The molecule has 1 aliphatic rings. The van der Waals surface area contributed by atoms with Crippen molar-refractivity contribution in [2.45, 2.75) is 6.42 Å². The van der Waals surface area contributed by atoms with Gasteiger partial charge in [-0.05, 0) is 30.7 Å². The minimum Gasteiger partial charge on any atom is -0.454 e. The Balaban J connectivity index is 2.26. The summed E-state index contributed by atoms with van der Waals surface area (Å²) in [6.45, 7) is -1.48. The average molecular weight is 167 g/mol. The molecule has 2 N–H and O–H groups in total. The van der Waals surface area contributed by atoms with Crippen LogP contribution in [-0.4, -0.2) is 13.3 Å². The summed E-state index contributed by atoms with van der Waals surface area (Å²) < 4.78 is 24.3. The Hall–Kier alpha value is -1.22. The number of ether oxygens (including phenoxy) is 2. The van der Waals surface area contributed by atoms with E-state index in [9.17, 15) is 0 Å². The Labute approximate surface area is 73.9 Å². The SMILES string of the molecule is [2H]C1([2H])Oc2ccc(CCN)cc2O1. The minimum absolute atomic E-state index is 0.441. The number of fused-ring (bicyclic) bond motifs is 1. The van der Waals surface area contributed by atoms with E-state index in [-0.39, 0.29) is 0 Å². The predicted molar refractivity (Wildman–Crippen MR) is 45.3 cm³/mol. The zero-order valence-electron chi connectivity index (χ0n) is 8.54. The summed E-state index contributed by atoms with van der Waals surface area (Å²) in [5, 5.41) is 0. The molecule has 1 aromatic rings. The minimum atomic E-state index is -2.04. The first-order valence-corrected chi connectivity index (χ1v) is 3.82. The van der Waals surface area contributed by atoms with Crippen molar-refractivity contribution in [3.63, 3.8) is 0 Å². The molecule has 3 nitrogen and oxygen atoms in total. The Morgan fingerprint density at radius 1 is 1.42 bits per heavy atom. The maximum atomic E-state index is 7.24. The summed E-state index contributed by atoms with van der Waals surface area (Å²) in [6, 6.07) is 5.31. The fourth-order valence-electron chi connectivity index (χ4n) is 1.15. The largest absolute Gasteiger partial charge is 0.454 e. The van der Waals surface area contributed by atoms with Crippen LogP contribution < -0.4 is 15.2 Å². The monoisotopic (exact) mass is 167 g/mol. The number of hydrogen-bond acceptors (Lipinski definition) is 3. The van der Waals surface area contributed by atoms with Gasteiger partial charge in [-0.1, -0.05) is 6.07 Å². The first-order chi connectivity index (χ1) is 6.61. The summed E-state index contributed by atoms with van der Waals surface area (Å²) in [6.07, 6.45) is 0.750. The molecule has 64 valence electrons. The van der Waals surface area contributed by atoms with Gasteiger partial charge in [-0.25, -0.2) is 0 Å². The molecule has 0 bridgehead atoms. The highest BCUT2D eigenvalue weighted by Gasteiger charge is 2.12. The van der Waals surface area contributed by atoms with Crippen LogP contribution in [0.5, 0.6) is 11.5 Å². The second kappa shape index (κ2) is 3.03. The third kappa shape index (κ3) is 1.23. The molecule has 0 radical (unpaired) electrons. The average Bonchev–Trinajstić information content (AvgIpc) is 2.38. The van der Waals surface area contributed by atoms with E-state index in [1.807, 2.05) is 6.07 Å². The van der Waals surface area contributed by atoms with Crippen LogP contribution >= 0.6 is 0 Å². The van der Waals surface area contributed by atoms with Gasteiger partial charge < -0.3 is 15.2 Å². The first kappa shape index (κ1) is 5.43. The molecule has 0 aromatic heterocycles. The van der Waals surface area contributed by atoms with E-state index in [2.05, 4.69) is 0 Å². The van der Waals surface area contributed by atoms with Crippen molar-refractivity contribution >= 4 is 0 Å². The van der Waals surface area contributed by atoms with E-state index in [1.54, 1.807) is 12.1 Å². The number of benzene rings is 1. The van der Waals surface area contributed by atoms with E-state index in [4.69, 9.17) is 17.9 Å². The third-order valence-corrected chi connectivity index (χ3v) is 1.74. The van der Waals surface area contributed by atoms with Gasteiger partial charge in [0.05, 0.1) is 0 Å². The Morgan fingerprint density at radius 3 is 3.08 bits per heavy atom. The van der Waals surface area contributed by atoms with E-state index in [0.717, 1.165) is 12.0 Å². The predicted octanol–water partition coefficient (Wildman–Crippen LogP) is 0.917. The second-order valence-corrected chi connectivity index (χ2v) is 2.61. The van der Waals surface area contributed by atoms with E-state index < -0.39 is 6.75 Å². The molecule has 0 atom stereocenters. The van der Waals surface area contributed by atoms with Crippen molar-refractivity contribution in [1.29, 1.82) is 0 Å². The van der Waals surface area contributed by atoms with E-state index in [0.29, 0.717) is 18.0 Å². The number of nitrogens with two attached hydrogens (primary N) is 1. The lowest BCUT2D eigenvalue weighted by Gasteiger charge is -1.99. The van der Waals surface area contributed by atoms with Gasteiger partial charge in [-0.15, -0.1) is 0 Å². The lowest BCUT2D eigenvalue weighted by atomic mass is 10.1. The molecule has 0 aliphatic carbocycles. The van der Waals surface area contributed by atoms with Gasteiger partial charge >= 0.3 is 0 Å². The molecule has 0 unspecified atom stereocenters. The molecule has 1 aromatic carbocycles. The molecule has 0 fully saturated rings. The molecule has 1 aliphatic heterocycles. The maximum Gasteiger partial charge on any atom is 0.231 e. The highest BCUT2D eigenvalue weighted by Crippen LogP contribution is 2.32. The van der Waals surface area contributed by atoms with Gasteiger partial charge in [0.1, 0.15) is 2.74 Å². The van der Waals surface area contributed by atoms with Crippen LogP contribution in [0.15, 0.2) is 18.2 Å². The van der Waals surface area contributed by atoms with Crippen molar-refractivity contribution < 1.29 is 12.2 Å². The maximum absolute atomic E-state index is 7.24. The van der Waals surface area contributed by atoms with Crippen LogP contribution in [0.1, 0.15) is 8.30 Å². The van der Waals surface area contributed by atoms with Crippen molar-refractivity contribution in [1.82, 2.24) is 0 Å². The molecule has 0 amide bonds. The Kier molecular flexibility index (Phi) is 1.37. The summed E-state index contributed by atoms with van der Waals surface area (Å²) in [4.78, 5) is 0. The van der Waals surface area contributed by atoms with Gasteiger partial charge in [-0.3, -0.25) is 0 Å². The van der Waals surface area contributed by atoms with E-state index in [1.165, 1.54) is 0 Å². The molecule has 2 rings (SSSR count). The van der Waals surface area contributed by atoms with Crippen molar-refractivity contribution in [2.24, 2.45) is 5.73 Å². The van der Waals surface area contributed by atoms with Crippen molar-refractivity contribution in [3.05, 3.63) is 23.8 Å². The van der Waals surface area contributed by atoms with Crippen LogP contribution in [0.25, 0.3) is 0 Å². The fraction of sp³-hybridized carbons (Fsp3) is 0.333. The van der Waals surface area contributed by atoms with E-state index >= 15 is 0 Å². The molecule has 0 saturated heterocycles. The first-order valence-electron chi connectivity index (χ1n) is 4.82. The second-order valence-electron chi connectivity index (χ2n) is 2.61. The van der Waals surface area contributed by atoms with Crippen LogP contribution in [0.4, 0.5) is 0 Å². The van der Waals surface area contributed by atoms with Crippen LogP contribution in [0, 0.1) is 0 Å². The molecule has 3 heteroatoms. The third-order valence-electron chi connectivity index (χ3n) is 1.74. The van der Waals surface area contributed by atoms with Crippen molar-refractivity contribution in [3.8, 4) is 11.5 Å². The Morgan fingerprint density at radius 2 is 2.25 bits per heavy atom. The summed E-state index contributed by atoms with van der Waals surface area (Å²) in [5.41, 5.74) is 6.43. The van der Waals surface area contributed by atoms with Gasteiger partial charge in [0.2, 0.25) is 6.75 Å². The molecule has 0 spiro atoms. The quantitative estimate of drug-likeness (QED) is 0.712. The van der Waals surface area contributed by atoms with Gasteiger partial charge in [0, 0.05) is 0 Å². The van der Waals surface area contributed by atoms with Crippen LogP contribution in [0.3, 0.4) is 0 Å². The molecular weight excluding hydrogens is 154 g/mol. The lowest BCUT2D eigenvalue weighted by molar-refractivity contribution is 0.174. The van der Waals surface area contributed by atoms with Crippen LogP contribution in [0.2, 0.25) is 0 Å². The van der Waals surface area contributed by atoms with Crippen molar-refractivity contribution in [2.75, 3.05) is 13.3 Å². The summed E-state index contributed by atoms with van der Waals surface area (Å²) in [5.74, 6) is 0.886. The highest BCUT2D eigenvalue weighted by molar-refractivity contribution is 5.44. The highest BCUT2D eigenvalue weighted by atomic mass is 16.7.